The Balaban J connectivity index is 2.74. The highest BCUT2D eigenvalue weighted by atomic mass is 35.5. The Labute approximate surface area is 130 Å². The first-order valence-corrected chi connectivity index (χ1v) is 8.63. The van der Waals surface area contributed by atoms with Crippen LogP contribution >= 0.6 is 11.6 Å². The van der Waals surface area contributed by atoms with E-state index in [9.17, 15) is 8.42 Å². The number of nitrogens with two attached hydrogens (primary N) is 1. The number of aromatic nitrogens is 1. The highest BCUT2D eigenvalue weighted by Crippen LogP contribution is 2.14. The number of sulfonamides is 1. The molecule has 21 heavy (non-hydrogen) atoms. The quantitative estimate of drug-likeness (QED) is 0.580. The van der Waals surface area contributed by atoms with Crippen molar-refractivity contribution in [3.63, 3.8) is 0 Å². The highest BCUT2D eigenvalue weighted by Gasteiger charge is 2.10. The fraction of sp³-hybridized carbons (Fsp3) is 0.583. The smallest absolute Gasteiger partial charge is 0.210 e. The van der Waals surface area contributed by atoms with E-state index < -0.39 is 10.0 Å². The van der Waals surface area contributed by atoms with Gasteiger partial charge in [-0.15, -0.1) is 0 Å². The van der Waals surface area contributed by atoms with Gasteiger partial charge in [0.2, 0.25) is 10.0 Å². The Morgan fingerprint density at radius 3 is 2.71 bits per heavy atom. The fourth-order valence-corrected chi connectivity index (χ4v) is 2.41. The van der Waals surface area contributed by atoms with Crippen LogP contribution in [0.1, 0.15) is 12.6 Å². The summed E-state index contributed by atoms with van der Waals surface area (Å²) in [6.45, 7) is 3.36. The number of aliphatic imine (C=N–C) groups is 1. The van der Waals surface area contributed by atoms with Gasteiger partial charge in [0, 0.05) is 32.5 Å². The van der Waals surface area contributed by atoms with Gasteiger partial charge >= 0.3 is 0 Å². The summed E-state index contributed by atoms with van der Waals surface area (Å²) in [5.74, 6) is 0.449. The Morgan fingerprint density at radius 1 is 1.57 bits per heavy atom. The van der Waals surface area contributed by atoms with Crippen molar-refractivity contribution in [1.82, 2.24) is 14.8 Å². The van der Waals surface area contributed by atoms with E-state index in [2.05, 4.69) is 10.3 Å². The van der Waals surface area contributed by atoms with Crippen LogP contribution in [0.15, 0.2) is 17.3 Å². The van der Waals surface area contributed by atoms with Crippen molar-refractivity contribution < 1.29 is 8.42 Å². The molecule has 1 aromatic rings. The van der Waals surface area contributed by atoms with Gasteiger partial charge in [0.1, 0.15) is 0 Å². The summed E-state index contributed by atoms with van der Waals surface area (Å²) in [7, 11) is 0.293. The molecular formula is C12H22ClN5O2S. The van der Waals surface area contributed by atoms with Crippen molar-refractivity contribution in [3.8, 4) is 0 Å². The van der Waals surface area contributed by atoms with Crippen molar-refractivity contribution in [2.45, 2.75) is 13.5 Å². The average Bonchev–Trinajstić information content (AvgIpc) is 2.65. The first-order valence-electron chi connectivity index (χ1n) is 6.53. The molecule has 0 unspecified atom stereocenters. The summed E-state index contributed by atoms with van der Waals surface area (Å²) >= 11 is 5.96. The highest BCUT2D eigenvalue weighted by molar-refractivity contribution is 7.89. The Hall–Kier alpha value is -1.25. The first-order chi connectivity index (χ1) is 9.73. The summed E-state index contributed by atoms with van der Waals surface area (Å²) in [4.78, 5) is 6.16. The van der Waals surface area contributed by atoms with Crippen LogP contribution in [0, 0.1) is 0 Å². The van der Waals surface area contributed by atoms with E-state index in [1.807, 2.05) is 42.7 Å². The van der Waals surface area contributed by atoms with Gasteiger partial charge in [-0.1, -0.05) is 11.6 Å². The minimum absolute atomic E-state index is 0.124. The van der Waals surface area contributed by atoms with Crippen LogP contribution in [0.2, 0.25) is 5.02 Å². The van der Waals surface area contributed by atoms with Crippen molar-refractivity contribution in [2.24, 2.45) is 17.2 Å². The summed E-state index contributed by atoms with van der Waals surface area (Å²) in [6.07, 6.45) is 1.83. The van der Waals surface area contributed by atoms with Gasteiger partial charge in [-0.05, 0) is 13.0 Å². The van der Waals surface area contributed by atoms with E-state index in [-0.39, 0.29) is 12.3 Å². The molecule has 0 fully saturated rings. The maximum atomic E-state index is 10.9. The first kappa shape index (κ1) is 17.8. The molecule has 0 atom stereocenters. The van der Waals surface area contributed by atoms with Crippen LogP contribution in [-0.2, 0) is 23.6 Å². The molecule has 0 aromatic carbocycles. The Kier molecular flexibility index (Phi) is 6.50. The molecule has 3 N–H and O–H groups in total. The molecule has 1 heterocycles. The molecule has 7 nitrogen and oxygen atoms in total. The van der Waals surface area contributed by atoms with Crippen LogP contribution in [0.4, 0.5) is 0 Å². The van der Waals surface area contributed by atoms with Crippen molar-refractivity contribution >= 4 is 27.6 Å². The molecule has 0 radical (unpaired) electrons. The molecule has 0 aliphatic heterocycles. The van der Waals surface area contributed by atoms with Gasteiger partial charge < -0.3 is 14.8 Å². The van der Waals surface area contributed by atoms with Crippen molar-refractivity contribution in [2.75, 3.05) is 25.9 Å². The number of hydrogen-bond acceptors (Lipinski definition) is 3. The molecule has 1 aromatic heterocycles. The zero-order valence-corrected chi connectivity index (χ0v) is 14.1. The third-order valence-corrected chi connectivity index (χ3v) is 3.77. The zero-order chi connectivity index (χ0) is 16.0. The number of hydrogen-bond donors (Lipinski definition) is 2. The second-order valence-corrected chi connectivity index (χ2v) is 6.89. The number of nitrogens with zero attached hydrogens (tertiary/aromatic N) is 3. The standard InChI is InChI=1S/C12H22ClN5O2S/c1-4-15-12(16-5-6-21(14,19)20)18(3)9-11-7-10(13)8-17(11)2/h7-8H,4-6,9H2,1-3H3,(H,15,16)(H2,14,19,20). The molecule has 0 aliphatic rings. The molecule has 0 saturated carbocycles. The molecule has 0 saturated heterocycles. The zero-order valence-electron chi connectivity index (χ0n) is 12.5. The van der Waals surface area contributed by atoms with E-state index in [0.29, 0.717) is 24.1 Å². The molecule has 0 aliphatic carbocycles. The minimum Gasteiger partial charge on any atom is -0.357 e. The summed E-state index contributed by atoms with van der Waals surface area (Å²) in [6, 6.07) is 1.88. The molecular weight excluding hydrogens is 314 g/mol. The summed E-state index contributed by atoms with van der Waals surface area (Å²) in [5.41, 5.74) is 1.03. The fourth-order valence-electron chi connectivity index (χ4n) is 1.79. The van der Waals surface area contributed by atoms with Crippen LogP contribution < -0.4 is 10.5 Å². The number of aryl methyl sites for hydroxylation is 1. The van der Waals surface area contributed by atoms with E-state index in [1.165, 1.54) is 0 Å². The largest absolute Gasteiger partial charge is 0.357 e. The van der Waals surface area contributed by atoms with Crippen LogP contribution in [0.25, 0.3) is 0 Å². The van der Waals surface area contributed by atoms with Crippen molar-refractivity contribution in [3.05, 3.63) is 23.0 Å². The molecule has 0 amide bonds. The molecule has 0 bridgehead atoms. The molecule has 1 rings (SSSR count). The van der Waals surface area contributed by atoms with E-state index in [1.54, 1.807) is 0 Å². The van der Waals surface area contributed by atoms with Gasteiger partial charge in [0.15, 0.2) is 5.96 Å². The predicted octanol–water partition coefficient (Wildman–Crippen LogP) is 0.364. The Morgan fingerprint density at radius 2 is 2.24 bits per heavy atom. The van der Waals surface area contributed by atoms with Gasteiger partial charge in [-0.2, -0.15) is 0 Å². The maximum Gasteiger partial charge on any atom is 0.210 e. The van der Waals surface area contributed by atoms with Gasteiger partial charge in [0.05, 0.1) is 23.9 Å². The number of guanidine groups is 1. The normalized spacial score (nSPS) is 12.5. The van der Waals surface area contributed by atoms with Gasteiger partial charge in [-0.25, -0.2) is 13.6 Å². The lowest BCUT2D eigenvalue weighted by atomic mass is 10.4. The number of primary sulfonamides is 1. The van der Waals surface area contributed by atoms with Gasteiger partial charge in [-0.3, -0.25) is 4.99 Å². The van der Waals surface area contributed by atoms with E-state index in [4.69, 9.17) is 16.7 Å². The maximum absolute atomic E-state index is 10.9. The van der Waals surface area contributed by atoms with Gasteiger partial charge in [0.25, 0.3) is 0 Å². The number of rotatable bonds is 6. The van der Waals surface area contributed by atoms with E-state index >= 15 is 0 Å². The predicted molar refractivity (Wildman–Crippen MR) is 85.8 cm³/mol. The second kappa shape index (κ2) is 7.67. The van der Waals surface area contributed by atoms with E-state index in [0.717, 1.165) is 5.69 Å². The lowest BCUT2D eigenvalue weighted by Gasteiger charge is -2.22. The molecule has 9 heteroatoms. The monoisotopic (exact) mass is 335 g/mol. The van der Waals surface area contributed by atoms with Crippen LogP contribution in [0.3, 0.4) is 0 Å². The number of halogens is 1. The molecule has 0 spiro atoms. The summed E-state index contributed by atoms with van der Waals surface area (Å²) in [5, 5.41) is 8.76. The Bertz CT molecular complexity index is 597. The summed E-state index contributed by atoms with van der Waals surface area (Å²) < 4.78 is 23.8. The lowest BCUT2D eigenvalue weighted by Crippen LogP contribution is -2.39. The van der Waals surface area contributed by atoms with Crippen molar-refractivity contribution in [1.29, 1.82) is 0 Å². The minimum atomic E-state index is -3.50. The average molecular weight is 336 g/mol. The second-order valence-electron chi connectivity index (χ2n) is 4.72. The third kappa shape index (κ3) is 6.36. The lowest BCUT2D eigenvalue weighted by molar-refractivity contribution is 0.462. The number of nitrogens with one attached hydrogen (secondary N) is 1. The van der Waals surface area contributed by atoms with Crippen LogP contribution in [-0.4, -0.2) is 49.7 Å². The topological polar surface area (TPSA) is 92.7 Å². The molecule has 120 valence electrons. The third-order valence-electron chi connectivity index (χ3n) is 2.81. The SMILES string of the molecule is CCNC(=NCCS(N)(=O)=O)N(C)Cc1cc(Cl)cn1C. The van der Waals surface area contributed by atoms with Crippen LogP contribution in [0.5, 0.6) is 0 Å².